The summed E-state index contributed by atoms with van der Waals surface area (Å²) in [6, 6.07) is 8.67. The van der Waals surface area contributed by atoms with Crippen molar-refractivity contribution in [1.82, 2.24) is 14.5 Å². The van der Waals surface area contributed by atoms with Gasteiger partial charge in [0.1, 0.15) is 5.82 Å². The Morgan fingerprint density at radius 3 is 2.95 bits per heavy atom. The number of aromatic nitrogens is 2. The Bertz CT molecular complexity index is 604. The molecule has 3 rings (SSSR count). The molecule has 114 valence electrons. The van der Waals surface area contributed by atoms with Crippen LogP contribution < -0.4 is 5.73 Å². The number of likely N-dealkylation sites (tertiary alicyclic amines) is 1. The maximum Gasteiger partial charge on any atom is 0.124 e. The summed E-state index contributed by atoms with van der Waals surface area (Å²) in [7, 11) is 0. The van der Waals surface area contributed by atoms with Crippen LogP contribution in [0.25, 0.3) is 11.0 Å². The second kappa shape index (κ2) is 6.16. The number of hydrogen-bond donors (Lipinski definition) is 1. The monoisotopic (exact) mass is 286 g/mol. The third-order valence-corrected chi connectivity index (χ3v) is 4.56. The topological polar surface area (TPSA) is 47.1 Å². The lowest BCUT2D eigenvalue weighted by Gasteiger charge is -2.31. The Balaban J connectivity index is 1.93. The number of fused-ring (bicyclic) bond motifs is 1. The quantitative estimate of drug-likeness (QED) is 0.940. The van der Waals surface area contributed by atoms with Crippen molar-refractivity contribution in [2.75, 3.05) is 19.6 Å². The molecule has 0 spiro atoms. The van der Waals surface area contributed by atoms with Gasteiger partial charge in [-0.3, -0.25) is 4.90 Å². The zero-order valence-electron chi connectivity index (χ0n) is 13.1. The normalized spacial score (nSPS) is 21.8. The van der Waals surface area contributed by atoms with Gasteiger partial charge in [-0.15, -0.1) is 0 Å². The van der Waals surface area contributed by atoms with Crippen molar-refractivity contribution in [3.63, 3.8) is 0 Å². The number of benzene rings is 1. The summed E-state index contributed by atoms with van der Waals surface area (Å²) in [4.78, 5) is 7.40. The van der Waals surface area contributed by atoms with Gasteiger partial charge in [-0.2, -0.15) is 0 Å². The molecule has 2 N–H and O–H groups in total. The number of para-hydroxylation sites is 2. The van der Waals surface area contributed by atoms with E-state index in [0.717, 1.165) is 23.8 Å². The fourth-order valence-electron chi connectivity index (χ4n) is 3.43. The molecule has 1 aliphatic rings. The highest BCUT2D eigenvalue weighted by atomic mass is 15.2. The minimum absolute atomic E-state index is 0.287. The van der Waals surface area contributed by atoms with Gasteiger partial charge in [-0.1, -0.05) is 19.1 Å². The Labute approximate surface area is 126 Å². The fourth-order valence-corrected chi connectivity index (χ4v) is 3.43. The van der Waals surface area contributed by atoms with Crippen LogP contribution in [0.5, 0.6) is 0 Å². The van der Waals surface area contributed by atoms with E-state index in [4.69, 9.17) is 10.7 Å². The molecule has 1 aromatic carbocycles. The summed E-state index contributed by atoms with van der Waals surface area (Å²) in [5, 5.41) is 0. The number of rotatable bonds is 4. The number of nitrogens with zero attached hydrogens (tertiary/aromatic N) is 3. The van der Waals surface area contributed by atoms with Crippen molar-refractivity contribution in [2.24, 2.45) is 11.7 Å². The van der Waals surface area contributed by atoms with E-state index in [1.54, 1.807) is 0 Å². The molecule has 1 aliphatic heterocycles. The van der Waals surface area contributed by atoms with Gasteiger partial charge >= 0.3 is 0 Å². The summed E-state index contributed by atoms with van der Waals surface area (Å²) in [6.45, 7) is 8.46. The van der Waals surface area contributed by atoms with Crippen LogP contribution in [-0.4, -0.2) is 34.1 Å². The SMILES string of the molecule is CC1CCCN(Cc2nc3ccccc3n2C(C)CN)C1. The first-order chi connectivity index (χ1) is 10.2. The van der Waals surface area contributed by atoms with Gasteiger partial charge in [0.25, 0.3) is 0 Å². The van der Waals surface area contributed by atoms with E-state index >= 15 is 0 Å². The lowest BCUT2D eigenvalue weighted by atomic mass is 10.0. The molecule has 4 nitrogen and oxygen atoms in total. The number of imidazole rings is 1. The van der Waals surface area contributed by atoms with Crippen LogP contribution in [0.15, 0.2) is 24.3 Å². The molecule has 1 fully saturated rings. The summed E-state index contributed by atoms with van der Waals surface area (Å²) in [5.74, 6) is 1.95. The van der Waals surface area contributed by atoms with Crippen LogP contribution >= 0.6 is 0 Å². The lowest BCUT2D eigenvalue weighted by molar-refractivity contribution is 0.170. The third kappa shape index (κ3) is 2.97. The van der Waals surface area contributed by atoms with Crippen molar-refractivity contribution in [3.8, 4) is 0 Å². The Morgan fingerprint density at radius 2 is 2.19 bits per heavy atom. The van der Waals surface area contributed by atoms with Crippen molar-refractivity contribution < 1.29 is 0 Å². The van der Waals surface area contributed by atoms with Gasteiger partial charge in [0.2, 0.25) is 0 Å². The minimum atomic E-state index is 0.287. The van der Waals surface area contributed by atoms with Crippen LogP contribution in [0.4, 0.5) is 0 Å². The van der Waals surface area contributed by atoms with Crippen molar-refractivity contribution in [1.29, 1.82) is 0 Å². The molecule has 21 heavy (non-hydrogen) atoms. The first-order valence-electron chi connectivity index (χ1n) is 8.07. The summed E-state index contributed by atoms with van der Waals surface area (Å²) in [5.41, 5.74) is 8.20. The number of piperidine rings is 1. The maximum atomic E-state index is 5.92. The predicted octanol–water partition coefficient (Wildman–Crippen LogP) is 2.79. The Morgan fingerprint density at radius 1 is 1.38 bits per heavy atom. The summed E-state index contributed by atoms with van der Waals surface area (Å²) >= 11 is 0. The Kier molecular flexibility index (Phi) is 4.27. The van der Waals surface area contributed by atoms with Gasteiger partial charge in [0, 0.05) is 19.1 Å². The standard InChI is InChI=1S/C17H26N4/c1-13-6-5-9-20(11-13)12-17-19-15-7-3-4-8-16(15)21(17)14(2)10-18/h3-4,7-8,13-14H,5-6,9-12,18H2,1-2H3. The van der Waals surface area contributed by atoms with E-state index in [1.165, 1.54) is 31.4 Å². The molecular formula is C17H26N4. The van der Waals surface area contributed by atoms with E-state index in [2.05, 4.69) is 47.6 Å². The van der Waals surface area contributed by atoms with E-state index in [9.17, 15) is 0 Å². The lowest BCUT2D eigenvalue weighted by Crippen LogP contribution is -2.35. The van der Waals surface area contributed by atoms with Crippen molar-refractivity contribution >= 4 is 11.0 Å². The van der Waals surface area contributed by atoms with E-state index in [1.807, 2.05) is 0 Å². The van der Waals surface area contributed by atoms with Crippen LogP contribution in [-0.2, 0) is 6.54 Å². The van der Waals surface area contributed by atoms with Gasteiger partial charge in [0.05, 0.1) is 17.6 Å². The molecule has 2 unspecified atom stereocenters. The molecule has 2 aromatic rings. The fraction of sp³-hybridized carbons (Fsp3) is 0.588. The van der Waals surface area contributed by atoms with Crippen LogP contribution in [0.1, 0.15) is 38.6 Å². The zero-order valence-corrected chi connectivity index (χ0v) is 13.1. The van der Waals surface area contributed by atoms with Crippen LogP contribution in [0, 0.1) is 5.92 Å². The van der Waals surface area contributed by atoms with E-state index in [-0.39, 0.29) is 6.04 Å². The summed E-state index contributed by atoms with van der Waals surface area (Å²) < 4.78 is 2.33. The third-order valence-electron chi connectivity index (χ3n) is 4.56. The van der Waals surface area contributed by atoms with Crippen LogP contribution in [0.3, 0.4) is 0 Å². The average Bonchev–Trinajstić information content (AvgIpc) is 2.84. The van der Waals surface area contributed by atoms with Crippen molar-refractivity contribution in [2.45, 2.75) is 39.3 Å². The molecule has 2 heterocycles. The molecule has 0 radical (unpaired) electrons. The summed E-state index contributed by atoms with van der Waals surface area (Å²) in [6.07, 6.45) is 2.65. The molecule has 0 saturated carbocycles. The molecule has 0 aliphatic carbocycles. The molecule has 4 heteroatoms. The van der Waals surface area contributed by atoms with Gasteiger partial charge < -0.3 is 10.3 Å². The maximum absolute atomic E-state index is 5.92. The van der Waals surface area contributed by atoms with Gasteiger partial charge in [-0.05, 0) is 44.4 Å². The molecule has 0 amide bonds. The highest BCUT2D eigenvalue weighted by molar-refractivity contribution is 5.76. The largest absolute Gasteiger partial charge is 0.328 e. The van der Waals surface area contributed by atoms with Crippen molar-refractivity contribution in [3.05, 3.63) is 30.1 Å². The minimum Gasteiger partial charge on any atom is -0.328 e. The number of nitrogens with two attached hydrogens (primary N) is 1. The van der Waals surface area contributed by atoms with Gasteiger partial charge in [0.15, 0.2) is 0 Å². The zero-order chi connectivity index (χ0) is 14.8. The molecule has 2 atom stereocenters. The molecule has 1 saturated heterocycles. The average molecular weight is 286 g/mol. The number of hydrogen-bond acceptors (Lipinski definition) is 3. The first kappa shape index (κ1) is 14.5. The first-order valence-corrected chi connectivity index (χ1v) is 8.07. The van der Waals surface area contributed by atoms with Gasteiger partial charge in [-0.25, -0.2) is 4.98 Å². The highest BCUT2D eigenvalue weighted by Gasteiger charge is 2.20. The smallest absolute Gasteiger partial charge is 0.124 e. The molecule has 0 bridgehead atoms. The van der Waals surface area contributed by atoms with E-state index < -0.39 is 0 Å². The molecule has 1 aromatic heterocycles. The van der Waals surface area contributed by atoms with E-state index in [0.29, 0.717) is 6.54 Å². The molecular weight excluding hydrogens is 260 g/mol. The second-order valence-corrected chi connectivity index (χ2v) is 6.45. The second-order valence-electron chi connectivity index (χ2n) is 6.45. The predicted molar refractivity (Wildman–Crippen MR) is 87.2 cm³/mol. The highest BCUT2D eigenvalue weighted by Crippen LogP contribution is 2.23. The van der Waals surface area contributed by atoms with Crippen LogP contribution in [0.2, 0.25) is 0 Å². The Hall–Kier alpha value is -1.39.